The minimum atomic E-state index is -0.436. The Morgan fingerprint density at radius 1 is 1.33 bits per heavy atom. The molecule has 0 heterocycles. The second kappa shape index (κ2) is 4.77. The van der Waals surface area contributed by atoms with Crippen molar-refractivity contribution in [2.24, 2.45) is 5.41 Å². The number of hydrogen-bond acceptors (Lipinski definition) is 2. The lowest BCUT2D eigenvalue weighted by Crippen LogP contribution is -2.17. The van der Waals surface area contributed by atoms with Gasteiger partial charge in [-0.1, -0.05) is 45.0 Å². The summed E-state index contributed by atoms with van der Waals surface area (Å²) in [7, 11) is 1.67. The largest absolute Gasteiger partial charge is 0.388 e. The van der Waals surface area contributed by atoms with E-state index in [4.69, 9.17) is 4.74 Å². The lowest BCUT2D eigenvalue weighted by Gasteiger charge is -2.26. The molecule has 0 radical (unpaired) electrons. The molecule has 0 saturated heterocycles. The first-order chi connectivity index (χ1) is 6.95. The summed E-state index contributed by atoms with van der Waals surface area (Å²) in [6.07, 6.45) is -0.436. The molecular weight excluding hydrogens is 188 g/mol. The quantitative estimate of drug-likeness (QED) is 0.827. The minimum absolute atomic E-state index is 0.133. The lowest BCUT2D eigenvalue weighted by molar-refractivity contribution is 0.0624. The highest BCUT2D eigenvalue weighted by Crippen LogP contribution is 2.32. The lowest BCUT2D eigenvalue weighted by atomic mass is 9.84. The van der Waals surface area contributed by atoms with Crippen molar-refractivity contribution in [3.8, 4) is 0 Å². The van der Waals surface area contributed by atoms with Crippen LogP contribution in [0.3, 0.4) is 0 Å². The number of aliphatic hydroxyl groups excluding tert-OH is 1. The van der Waals surface area contributed by atoms with Crippen molar-refractivity contribution >= 4 is 0 Å². The normalized spacial score (nSPS) is 13.9. The molecule has 1 aromatic rings. The maximum absolute atomic E-state index is 10.1. The van der Waals surface area contributed by atoms with Crippen molar-refractivity contribution in [1.29, 1.82) is 0 Å². The second-order valence-corrected chi connectivity index (χ2v) is 4.95. The van der Waals surface area contributed by atoms with Gasteiger partial charge < -0.3 is 9.84 Å². The van der Waals surface area contributed by atoms with Gasteiger partial charge in [0.1, 0.15) is 0 Å². The van der Waals surface area contributed by atoms with Gasteiger partial charge in [0.15, 0.2) is 0 Å². The molecule has 0 aromatic heterocycles. The molecule has 1 rings (SSSR count). The van der Waals surface area contributed by atoms with Crippen LogP contribution in [0.1, 0.15) is 38.0 Å². The average Bonchev–Trinajstić information content (AvgIpc) is 2.16. The molecule has 0 saturated carbocycles. The maximum Gasteiger partial charge on any atom is 0.0838 e. The van der Waals surface area contributed by atoms with E-state index in [0.717, 1.165) is 11.1 Å². The van der Waals surface area contributed by atoms with Crippen molar-refractivity contribution < 1.29 is 9.84 Å². The van der Waals surface area contributed by atoms with Crippen LogP contribution in [0.25, 0.3) is 0 Å². The van der Waals surface area contributed by atoms with Crippen LogP contribution >= 0.6 is 0 Å². The first kappa shape index (κ1) is 12.2. The Balaban J connectivity index is 2.90. The highest BCUT2D eigenvalue weighted by atomic mass is 16.5. The van der Waals surface area contributed by atoms with Crippen LogP contribution in [-0.2, 0) is 11.3 Å². The van der Waals surface area contributed by atoms with Gasteiger partial charge in [0.25, 0.3) is 0 Å². The second-order valence-electron chi connectivity index (χ2n) is 4.95. The van der Waals surface area contributed by atoms with E-state index in [-0.39, 0.29) is 5.41 Å². The fourth-order valence-corrected chi connectivity index (χ4v) is 1.52. The van der Waals surface area contributed by atoms with E-state index in [1.807, 2.05) is 45.0 Å². The van der Waals surface area contributed by atoms with Crippen molar-refractivity contribution in [3.63, 3.8) is 0 Å². The third kappa shape index (κ3) is 3.33. The zero-order valence-electron chi connectivity index (χ0n) is 9.95. The van der Waals surface area contributed by atoms with E-state index in [1.165, 1.54) is 0 Å². The molecule has 0 spiro atoms. The van der Waals surface area contributed by atoms with Gasteiger partial charge in [-0.05, 0) is 16.5 Å². The third-order valence-electron chi connectivity index (χ3n) is 2.40. The SMILES string of the molecule is COCc1cccc(C(O)C(C)(C)C)c1. The molecule has 2 nitrogen and oxygen atoms in total. The van der Waals surface area contributed by atoms with Gasteiger partial charge in [-0.25, -0.2) is 0 Å². The topological polar surface area (TPSA) is 29.5 Å². The third-order valence-corrected chi connectivity index (χ3v) is 2.40. The van der Waals surface area contributed by atoms with E-state index in [0.29, 0.717) is 6.61 Å². The van der Waals surface area contributed by atoms with Gasteiger partial charge in [0.05, 0.1) is 12.7 Å². The van der Waals surface area contributed by atoms with Crippen LogP contribution in [0, 0.1) is 5.41 Å². The fourth-order valence-electron chi connectivity index (χ4n) is 1.52. The smallest absolute Gasteiger partial charge is 0.0838 e. The van der Waals surface area contributed by atoms with E-state index in [9.17, 15) is 5.11 Å². The van der Waals surface area contributed by atoms with E-state index in [1.54, 1.807) is 7.11 Å². The van der Waals surface area contributed by atoms with Crippen LogP contribution in [-0.4, -0.2) is 12.2 Å². The van der Waals surface area contributed by atoms with E-state index >= 15 is 0 Å². The average molecular weight is 208 g/mol. The highest BCUT2D eigenvalue weighted by molar-refractivity contribution is 5.25. The van der Waals surface area contributed by atoms with Crippen LogP contribution < -0.4 is 0 Å². The van der Waals surface area contributed by atoms with Crippen molar-refractivity contribution in [1.82, 2.24) is 0 Å². The Bertz CT molecular complexity index is 313. The number of benzene rings is 1. The van der Waals surface area contributed by atoms with E-state index < -0.39 is 6.10 Å². The molecule has 0 aliphatic rings. The van der Waals surface area contributed by atoms with Crippen molar-refractivity contribution in [2.45, 2.75) is 33.5 Å². The van der Waals surface area contributed by atoms with Crippen molar-refractivity contribution in [2.75, 3.05) is 7.11 Å². The monoisotopic (exact) mass is 208 g/mol. The Hall–Kier alpha value is -0.860. The summed E-state index contributed by atoms with van der Waals surface area (Å²) in [6.45, 7) is 6.67. The highest BCUT2D eigenvalue weighted by Gasteiger charge is 2.23. The molecule has 1 aromatic carbocycles. The molecule has 15 heavy (non-hydrogen) atoms. The summed E-state index contributed by atoms with van der Waals surface area (Å²) < 4.78 is 5.07. The molecule has 84 valence electrons. The molecule has 1 N–H and O–H groups in total. The molecule has 0 aliphatic heterocycles. The predicted octanol–water partition coefficient (Wildman–Crippen LogP) is 2.91. The van der Waals surface area contributed by atoms with Gasteiger partial charge in [-0.2, -0.15) is 0 Å². The number of ether oxygens (including phenoxy) is 1. The van der Waals surface area contributed by atoms with Gasteiger partial charge in [0.2, 0.25) is 0 Å². The minimum Gasteiger partial charge on any atom is -0.388 e. The summed E-state index contributed by atoms with van der Waals surface area (Å²) in [5, 5.41) is 10.1. The first-order valence-corrected chi connectivity index (χ1v) is 5.21. The molecule has 0 fully saturated rings. The molecular formula is C13H20O2. The number of hydrogen-bond donors (Lipinski definition) is 1. The van der Waals surface area contributed by atoms with Gasteiger partial charge in [-0.15, -0.1) is 0 Å². The van der Waals surface area contributed by atoms with Gasteiger partial charge >= 0.3 is 0 Å². The molecule has 0 amide bonds. The standard InChI is InChI=1S/C13H20O2/c1-13(2,3)12(14)11-7-5-6-10(8-11)9-15-4/h5-8,12,14H,9H2,1-4H3. The van der Waals surface area contributed by atoms with Crippen LogP contribution in [0.4, 0.5) is 0 Å². The van der Waals surface area contributed by atoms with E-state index in [2.05, 4.69) is 0 Å². The fraction of sp³-hybridized carbons (Fsp3) is 0.538. The summed E-state index contributed by atoms with van der Waals surface area (Å²) in [6, 6.07) is 7.91. The summed E-state index contributed by atoms with van der Waals surface area (Å²) in [5.74, 6) is 0. The number of methoxy groups -OCH3 is 1. The Kier molecular flexibility index (Phi) is 3.89. The van der Waals surface area contributed by atoms with Crippen LogP contribution in [0.2, 0.25) is 0 Å². The molecule has 0 aliphatic carbocycles. The van der Waals surface area contributed by atoms with Crippen LogP contribution in [0.15, 0.2) is 24.3 Å². The summed E-state index contributed by atoms with van der Waals surface area (Å²) in [5.41, 5.74) is 1.92. The van der Waals surface area contributed by atoms with Crippen LogP contribution in [0.5, 0.6) is 0 Å². The van der Waals surface area contributed by atoms with Gasteiger partial charge in [0, 0.05) is 7.11 Å². The number of rotatable bonds is 3. The zero-order valence-corrected chi connectivity index (χ0v) is 9.95. The Morgan fingerprint density at radius 3 is 2.53 bits per heavy atom. The zero-order chi connectivity index (χ0) is 11.5. The molecule has 2 heteroatoms. The van der Waals surface area contributed by atoms with Gasteiger partial charge in [-0.3, -0.25) is 0 Å². The summed E-state index contributed by atoms with van der Waals surface area (Å²) in [4.78, 5) is 0. The summed E-state index contributed by atoms with van der Waals surface area (Å²) >= 11 is 0. The molecule has 0 bridgehead atoms. The molecule has 1 unspecified atom stereocenters. The molecule has 1 atom stereocenters. The predicted molar refractivity (Wildman–Crippen MR) is 61.6 cm³/mol. The maximum atomic E-state index is 10.1. The number of aliphatic hydroxyl groups is 1. The Labute approximate surface area is 91.9 Å². The van der Waals surface area contributed by atoms with Crippen molar-refractivity contribution in [3.05, 3.63) is 35.4 Å². The Morgan fingerprint density at radius 2 is 2.00 bits per heavy atom. The first-order valence-electron chi connectivity index (χ1n) is 5.21.